The van der Waals surface area contributed by atoms with Gasteiger partial charge in [0.15, 0.2) is 0 Å². The molecule has 0 fully saturated rings. The number of aryl methyl sites for hydroxylation is 2. The number of rotatable bonds is 2. The third kappa shape index (κ3) is 2.70. The van der Waals surface area contributed by atoms with E-state index in [0.29, 0.717) is 0 Å². The number of carbonyl (C=O) groups excluding carboxylic acids is 1. The molecular weight excluding hydrogens is 334 g/mol. The standard InChI is InChI=1S/C20H19NOS2/c1-13-10-14(2)12-15(11-13)20(22)21-7-5-17-16(6-9-24-17)19(21)18-4-3-8-23-18/h3-4,6,8-12,19H,5,7H2,1-2H3/t19-/m1/s1. The molecule has 0 aliphatic carbocycles. The van der Waals surface area contributed by atoms with Crippen molar-refractivity contribution in [3.63, 3.8) is 0 Å². The average Bonchev–Trinajstić information content (AvgIpc) is 3.23. The van der Waals surface area contributed by atoms with E-state index in [2.05, 4.69) is 39.9 Å². The number of thiophene rings is 2. The summed E-state index contributed by atoms with van der Waals surface area (Å²) in [7, 11) is 0. The first kappa shape index (κ1) is 15.6. The number of carbonyl (C=O) groups is 1. The van der Waals surface area contributed by atoms with Gasteiger partial charge < -0.3 is 4.90 Å². The van der Waals surface area contributed by atoms with Gasteiger partial charge in [-0.25, -0.2) is 0 Å². The molecule has 24 heavy (non-hydrogen) atoms. The van der Waals surface area contributed by atoms with Crippen LogP contribution in [0.15, 0.2) is 47.2 Å². The van der Waals surface area contributed by atoms with Gasteiger partial charge in [0.1, 0.15) is 0 Å². The topological polar surface area (TPSA) is 20.3 Å². The smallest absolute Gasteiger partial charge is 0.254 e. The monoisotopic (exact) mass is 353 g/mol. The van der Waals surface area contributed by atoms with Crippen molar-refractivity contribution in [2.75, 3.05) is 6.54 Å². The predicted octanol–water partition coefficient (Wildman–Crippen LogP) is 5.21. The van der Waals surface area contributed by atoms with Crippen LogP contribution in [-0.2, 0) is 6.42 Å². The van der Waals surface area contributed by atoms with Crippen molar-refractivity contribution in [3.8, 4) is 0 Å². The highest BCUT2D eigenvalue weighted by Gasteiger charge is 2.33. The van der Waals surface area contributed by atoms with E-state index < -0.39 is 0 Å². The zero-order valence-electron chi connectivity index (χ0n) is 13.8. The fraction of sp³-hybridized carbons (Fsp3) is 0.250. The van der Waals surface area contributed by atoms with Gasteiger partial charge in [0.2, 0.25) is 0 Å². The van der Waals surface area contributed by atoms with E-state index in [1.165, 1.54) is 15.3 Å². The molecule has 3 heterocycles. The molecule has 1 amide bonds. The molecule has 2 nitrogen and oxygen atoms in total. The van der Waals surface area contributed by atoms with Crippen LogP contribution in [0.25, 0.3) is 0 Å². The van der Waals surface area contributed by atoms with Crippen LogP contribution in [-0.4, -0.2) is 17.4 Å². The molecule has 1 aliphatic heterocycles. The van der Waals surface area contributed by atoms with Gasteiger partial charge in [0.05, 0.1) is 6.04 Å². The van der Waals surface area contributed by atoms with Gasteiger partial charge in [0, 0.05) is 21.9 Å². The number of nitrogens with zero attached hydrogens (tertiary/aromatic N) is 1. The summed E-state index contributed by atoms with van der Waals surface area (Å²) in [5.41, 5.74) is 4.37. The van der Waals surface area contributed by atoms with E-state index in [-0.39, 0.29) is 11.9 Å². The fourth-order valence-electron chi connectivity index (χ4n) is 3.55. The van der Waals surface area contributed by atoms with Crippen LogP contribution in [0.4, 0.5) is 0 Å². The Bertz CT molecular complexity index is 859. The van der Waals surface area contributed by atoms with E-state index in [9.17, 15) is 4.79 Å². The van der Waals surface area contributed by atoms with Crippen LogP contribution in [0.3, 0.4) is 0 Å². The molecule has 1 aliphatic rings. The Balaban J connectivity index is 1.77. The maximum absolute atomic E-state index is 13.3. The van der Waals surface area contributed by atoms with Crippen LogP contribution in [0.1, 0.15) is 42.8 Å². The molecule has 0 saturated carbocycles. The van der Waals surface area contributed by atoms with Gasteiger partial charge in [-0.1, -0.05) is 23.3 Å². The van der Waals surface area contributed by atoms with Gasteiger partial charge in [-0.05, 0) is 60.9 Å². The lowest BCUT2D eigenvalue weighted by Gasteiger charge is -2.35. The molecule has 3 aromatic rings. The fourth-order valence-corrected chi connectivity index (χ4v) is 5.31. The largest absolute Gasteiger partial charge is 0.326 e. The molecule has 1 atom stereocenters. The lowest BCUT2D eigenvalue weighted by Crippen LogP contribution is -2.39. The zero-order chi connectivity index (χ0) is 16.7. The molecule has 122 valence electrons. The molecule has 2 aromatic heterocycles. The summed E-state index contributed by atoms with van der Waals surface area (Å²) in [4.78, 5) is 18.0. The summed E-state index contributed by atoms with van der Waals surface area (Å²) in [6.45, 7) is 4.88. The molecule has 4 heteroatoms. The Labute approximate surface area is 150 Å². The molecule has 0 saturated heterocycles. The second-order valence-electron chi connectivity index (χ2n) is 6.34. The van der Waals surface area contributed by atoms with E-state index in [4.69, 9.17) is 0 Å². The van der Waals surface area contributed by atoms with E-state index in [1.807, 2.05) is 37.3 Å². The highest BCUT2D eigenvalue weighted by molar-refractivity contribution is 7.10. The first-order chi connectivity index (χ1) is 11.6. The van der Waals surface area contributed by atoms with Crippen molar-refractivity contribution in [1.82, 2.24) is 4.90 Å². The highest BCUT2D eigenvalue weighted by atomic mass is 32.1. The van der Waals surface area contributed by atoms with Crippen LogP contribution >= 0.6 is 22.7 Å². The highest BCUT2D eigenvalue weighted by Crippen LogP contribution is 2.40. The number of hydrogen-bond acceptors (Lipinski definition) is 3. The van der Waals surface area contributed by atoms with E-state index in [1.54, 1.807) is 11.3 Å². The Hall–Kier alpha value is -1.91. The molecule has 4 rings (SSSR count). The molecule has 0 N–H and O–H groups in total. The quantitative estimate of drug-likeness (QED) is 0.619. The third-order valence-corrected chi connectivity index (χ3v) is 6.43. The van der Waals surface area contributed by atoms with E-state index in [0.717, 1.165) is 29.7 Å². The summed E-state index contributed by atoms with van der Waals surface area (Å²) >= 11 is 3.54. The Morgan fingerprint density at radius 3 is 2.58 bits per heavy atom. The minimum Gasteiger partial charge on any atom is -0.326 e. The third-order valence-electron chi connectivity index (χ3n) is 4.51. The zero-order valence-corrected chi connectivity index (χ0v) is 15.4. The minimum atomic E-state index is 0.0494. The second-order valence-corrected chi connectivity index (χ2v) is 8.32. The van der Waals surface area contributed by atoms with Crippen molar-refractivity contribution in [3.05, 3.63) is 79.2 Å². The predicted molar refractivity (Wildman–Crippen MR) is 101 cm³/mol. The van der Waals surface area contributed by atoms with Crippen molar-refractivity contribution < 1.29 is 4.79 Å². The Morgan fingerprint density at radius 1 is 1.08 bits per heavy atom. The van der Waals surface area contributed by atoms with Gasteiger partial charge in [-0.3, -0.25) is 4.79 Å². The summed E-state index contributed by atoms with van der Waals surface area (Å²) in [5, 5.41) is 4.24. The van der Waals surface area contributed by atoms with Crippen LogP contribution < -0.4 is 0 Å². The van der Waals surface area contributed by atoms with Gasteiger partial charge in [-0.15, -0.1) is 22.7 Å². The number of hydrogen-bond donors (Lipinski definition) is 0. The molecule has 0 bridgehead atoms. The lowest BCUT2D eigenvalue weighted by molar-refractivity contribution is 0.0698. The SMILES string of the molecule is Cc1cc(C)cc(C(=O)N2CCc3sccc3[C@@H]2c2cccs2)c1. The van der Waals surface area contributed by atoms with Crippen LogP contribution in [0, 0.1) is 13.8 Å². The molecule has 0 spiro atoms. The Kier molecular flexibility index (Phi) is 4.02. The van der Waals surface area contributed by atoms with Gasteiger partial charge in [0.25, 0.3) is 5.91 Å². The minimum absolute atomic E-state index is 0.0494. The maximum Gasteiger partial charge on any atom is 0.254 e. The van der Waals surface area contributed by atoms with Crippen molar-refractivity contribution >= 4 is 28.6 Å². The molecule has 1 aromatic carbocycles. The van der Waals surface area contributed by atoms with Crippen molar-refractivity contribution in [2.45, 2.75) is 26.3 Å². The number of benzene rings is 1. The van der Waals surface area contributed by atoms with Crippen LogP contribution in [0.5, 0.6) is 0 Å². The lowest BCUT2D eigenvalue weighted by atomic mass is 9.97. The number of amides is 1. The van der Waals surface area contributed by atoms with Crippen molar-refractivity contribution in [2.24, 2.45) is 0 Å². The van der Waals surface area contributed by atoms with Gasteiger partial charge >= 0.3 is 0 Å². The summed E-state index contributed by atoms with van der Waals surface area (Å²) < 4.78 is 0. The second kappa shape index (κ2) is 6.19. The van der Waals surface area contributed by atoms with Crippen LogP contribution in [0.2, 0.25) is 0 Å². The normalized spacial score (nSPS) is 16.9. The first-order valence-electron chi connectivity index (χ1n) is 8.12. The summed E-state index contributed by atoms with van der Waals surface area (Å²) in [6, 6.07) is 12.6. The maximum atomic E-state index is 13.3. The summed E-state index contributed by atoms with van der Waals surface area (Å²) in [5.74, 6) is 0.136. The first-order valence-corrected chi connectivity index (χ1v) is 9.88. The molecular formula is C20H19NOS2. The summed E-state index contributed by atoms with van der Waals surface area (Å²) in [6.07, 6.45) is 0.950. The van der Waals surface area contributed by atoms with Gasteiger partial charge in [-0.2, -0.15) is 0 Å². The molecule has 0 unspecified atom stereocenters. The Morgan fingerprint density at radius 2 is 1.88 bits per heavy atom. The van der Waals surface area contributed by atoms with E-state index >= 15 is 0 Å². The number of fused-ring (bicyclic) bond motifs is 1. The molecule has 0 radical (unpaired) electrons. The average molecular weight is 354 g/mol. The van der Waals surface area contributed by atoms with Crippen molar-refractivity contribution in [1.29, 1.82) is 0 Å².